The molecule has 2 nitrogen and oxygen atoms in total. The van der Waals surface area contributed by atoms with E-state index in [2.05, 4.69) is 4.90 Å². The Morgan fingerprint density at radius 1 is 1.43 bits per heavy atom. The van der Waals surface area contributed by atoms with Gasteiger partial charge in [-0.15, -0.1) is 0 Å². The molecule has 1 saturated heterocycles. The molecular formula is C11H14FNO. The molecule has 0 spiro atoms. The molecule has 0 saturated carbocycles. The first kappa shape index (κ1) is 9.46. The maximum atomic E-state index is 13.2. The summed E-state index contributed by atoms with van der Waals surface area (Å²) in [7, 11) is 2.05. The van der Waals surface area contributed by atoms with Gasteiger partial charge in [-0.2, -0.15) is 0 Å². The normalized spacial score (nSPS) is 22.6. The fourth-order valence-corrected chi connectivity index (χ4v) is 1.71. The summed E-state index contributed by atoms with van der Waals surface area (Å²) in [5.41, 5.74) is 0. The lowest BCUT2D eigenvalue weighted by Crippen LogP contribution is -2.21. The van der Waals surface area contributed by atoms with Gasteiger partial charge >= 0.3 is 0 Å². The third-order valence-corrected chi connectivity index (χ3v) is 2.48. The Balaban J connectivity index is 2.01. The summed E-state index contributed by atoms with van der Waals surface area (Å²) in [5, 5.41) is 0. The Kier molecular flexibility index (Phi) is 2.68. The largest absolute Gasteiger partial charge is 0.486 e. The number of para-hydroxylation sites is 1. The molecule has 1 aromatic carbocycles. The predicted octanol–water partition coefficient (Wildman–Crippen LogP) is 1.91. The third-order valence-electron chi connectivity index (χ3n) is 2.48. The fourth-order valence-electron chi connectivity index (χ4n) is 1.71. The standard InChI is InChI=1S/C11H14FNO/c1-13-7-6-9(8-13)14-11-5-3-2-4-10(11)12/h2-5,9H,6-8H2,1H3/t9-/m0/s1. The highest BCUT2D eigenvalue weighted by Crippen LogP contribution is 2.20. The van der Waals surface area contributed by atoms with Crippen LogP contribution in [0.15, 0.2) is 24.3 Å². The second kappa shape index (κ2) is 3.96. The van der Waals surface area contributed by atoms with Gasteiger partial charge in [-0.1, -0.05) is 12.1 Å². The molecule has 0 aliphatic carbocycles. The summed E-state index contributed by atoms with van der Waals surface area (Å²) in [6.07, 6.45) is 1.11. The fraction of sp³-hybridized carbons (Fsp3) is 0.455. The van der Waals surface area contributed by atoms with Crippen LogP contribution < -0.4 is 4.74 Å². The average Bonchev–Trinajstić information content (AvgIpc) is 2.56. The molecule has 14 heavy (non-hydrogen) atoms. The monoisotopic (exact) mass is 195 g/mol. The summed E-state index contributed by atoms with van der Waals surface area (Å²) < 4.78 is 18.8. The van der Waals surface area contributed by atoms with Crippen molar-refractivity contribution in [1.82, 2.24) is 4.90 Å². The van der Waals surface area contributed by atoms with E-state index in [1.807, 2.05) is 7.05 Å². The lowest BCUT2D eigenvalue weighted by atomic mass is 10.3. The highest BCUT2D eigenvalue weighted by atomic mass is 19.1. The molecule has 0 N–H and O–H groups in total. The van der Waals surface area contributed by atoms with Crippen molar-refractivity contribution in [1.29, 1.82) is 0 Å². The predicted molar refractivity (Wildman–Crippen MR) is 52.9 cm³/mol. The van der Waals surface area contributed by atoms with Crippen molar-refractivity contribution in [3.8, 4) is 5.75 Å². The molecule has 1 heterocycles. The van der Waals surface area contributed by atoms with Gasteiger partial charge in [-0.3, -0.25) is 0 Å². The number of halogens is 1. The smallest absolute Gasteiger partial charge is 0.165 e. The minimum atomic E-state index is -0.276. The van der Waals surface area contributed by atoms with Crippen LogP contribution in [0.2, 0.25) is 0 Å². The van der Waals surface area contributed by atoms with Crippen LogP contribution in [-0.4, -0.2) is 31.1 Å². The van der Waals surface area contributed by atoms with Crippen LogP contribution in [0.25, 0.3) is 0 Å². The van der Waals surface area contributed by atoms with Crippen LogP contribution in [0, 0.1) is 5.82 Å². The number of benzene rings is 1. The summed E-state index contributed by atoms with van der Waals surface area (Å²) >= 11 is 0. The third kappa shape index (κ3) is 2.04. The van der Waals surface area contributed by atoms with Gasteiger partial charge in [0.15, 0.2) is 11.6 Å². The molecule has 0 aromatic heterocycles. The van der Waals surface area contributed by atoms with Crippen molar-refractivity contribution in [2.45, 2.75) is 12.5 Å². The molecule has 1 aliphatic rings. The number of hydrogen-bond acceptors (Lipinski definition) is 2. The molecule has 1 aromatic rings. The highest BCUT2D eigenvalue weighted by Gasteiger charge is 2.21. The minimum Gasteiger partial charge on any atom is -0.486 e. The van der Waals surface area contributed by atoms with E-state index in [1.54, 1.807) is 18.2 Å². The zero-order valence-electron chi connectivity index (χ0n) is 8.24. The van der Waals surface area contributed by atoms with Gasteiger partial charge in [0.1, 0.15) is 6.10 Å². The zero-order valence-corrected chi connectivity index (χ0v) is 8.24. The molecule has 1 aliphatic heterocycles. The summed E-state index contributed by atoms with van der Waals surface area (Å²) in [6.45, 7) is 1.91. The maximum Gasteiger partial charge on any atom is 0.165 e. The van der Waals surface area contributed by atoms with Crippen molar-refractivity contribution in [2.24, 2.45) is 0 Å². The molecule has 1 atom stereocenters. The quantitative estimate of drug-likeness (QED) is 0.714. The van der Waals surface area contributed by atoms with Gasteiger partial charge in [0.2, 0.25) is 0 Å². The van der Waals surface area contributed by atoms with Crippen molar-refractivity contribution in [3.63, 3.8) is 0 Å². The molecule has 76 valence electrons. The van der Waals surface area contributed by atoms with Crippen LogP contribution in [-0.2, 0) is 0 Å². The van der Waals surface area contributed by atoms with Gasteiger partial charge in [-0.25, -0.2) is 4.39 Å². The van der Waals surface area contributed by atoms with Crippen LogP contribution in [0.5, 0.6) is 5.75 Å². The number of likely N-dealkylation sites (N-methyl/N-ethyl adjacent to an activating group) is 1. The molecule has 2 rings (SSSR count). The lowest BCUT2D eigenvalue weighted by Gasteiger charge is -2.13. The van der Waals surface area contributed by atoms with E-state index in [1.165, 1.54) is 6.07 Å². The van der Waals surface area contributed by atoms with Gasteiger partial charge in [0.25, 0.3) is 0 Å². The van der Waals surface area contributed by atoms with E-state index in [-0.39, 0.29) is 11.9 Å². The number of rotatable bonds is 2. The molecule has 0 radical (unpaired) electrons. The Hall–Kier alpha value is -1.09. The van der Waals surface area contributed by atoms with Crippen LogP contribution in [0.3, 0.4) is 0 Å². The molecule has 0 bridgehead atoms. The van der Waals surface area contributed by atoms with E-state index in [4.69, 9.17) is 4.74 Å². The van der Waals surface area contributed by atoms with Crippen molar-refractivity contribution < 1.29 is 9.13 Å². The van der Waals surface area contributed by atoms with E-state index in [0.29, 0.717) is 5.75 Å². The molecular weight excluding hydrogens is 181 g/mol. The average molecular weight is 195 g/mol. The number of hydrogen-bond donors (Lipinski definition) is 0. The Labute approximate surface area is 83.3 Å². The van der Waals surface area contributed by atoms with Crippen molar-refractivity contribution in [2.75, 3.05) is 20.1 Å². The van der Waals surface area contributed by atoms with E-state index in [0.717, 1.165) is 19.5 Å². The number of likely N-dealkylation sites (tertiary alicyclic amines) is 1. The van der Waals surface area contributed by atoms with E-state index >= 15 is 0 Å². The van der Waals surface area contributed by atoms with Crippen LogP contribution in [0.1, 0.15) is 6.42 Å². The number of nitrogens with zero attached hydrogens (tertiary/aromatic N) is 1. The molecule has 1 fully saturated rings. The first-order valence-electron chi connectivity index (χ1n) is 4.85. The van der Waals surface area contributed by atoms with Gasteiger partial charge in [0, 0.05) is 13.1 Å². The SMILES string of the molecule is CN1CC[C@H](Oc2ccccc2F)C1. The summed E-state index contributed by atoms with van der Waals surface area (Å²) in [6, 6.07) is 6.56. The highest BCUT2D eigenvalue weighted by molar-refractivity contribution is 5.24. The van der Waals surface area contributed by atoms with Crippen molar-refractivity contribution >= 4 is 0 Å². The van der Waals surface area contributed by atoms with Crippen LogP contribution in [0.4, 0.5) is 4.39 Å². The van der Waals surface area contributed by atoms with Gasteiger partial charge < -0.3 is 9.64 Å². The summed E-state index contributed by atoms with van der Waals surface area (Å²) in [4.78, 5) is 2.19. The Morgan fingerprint density at radius 2 is 2.21 bits per heavy atom. The van der Waals surface area contributed by atoms with E-state index < -0.39 is 0 Å². The first-order chi connectivity index (χ1) is 6.75. The van der Waals surface area contributed by atoms with Gasteiger partial charge in [-0.05, 0) is 25.6 Å². The van der Waals surface area contributed by atoms with Gasteiger partial charge in [0.05, 0.1) is 0 Å². The topological polar surface area (TPSA) is 12.5 Å². The first-order valence-corrected chi connectivity index (χ1v) is 4.85. The van der Waals surface area contributed by atoms with E-state index in [9.17, 15) is 4.39 Å². The van der Waals surface area contributed by atoms with Crippen LogP contribution >= 0.6 is 0 Å². The maximum absolute atomic E-state index is 13.2. The second-order valence-electron chi connectivity index (χ2n) is 3.72. The number of ether oxygens (including phenoxy) is 1. The molecule has 0 amide bonds. The Morgan fingerprint density at radius 3 is 2.86 bits per heavy atom. The lowest BCUT2D eigenvalue weighted by molar-refractivity contribution is 0.199. The second-order valence-corrected chi connectivity index (χ2v) is 3.72. The zero-order chi connectivity index (χ0) is 9.97. The Bertz CT molecular complexity index is 316. The molecule has 0 unspecified atom stereocenters. The minimum absolute atomic E-state index is 0.136. The summed E-state index contributed by atoms with van der Waals surface area (Å²) in [5.74, 6) is 0.0925. The van der Waals surface area contributed by atoms with Crippen molar-refractivity contribution in [3.05, 3.63) is 30.1 Å². The molecule has 3 heteroatoms.